The molecule has 6 atom stereocenters. The molecule has 2 saturated carbocycles. The number of carbonyl (C=O) groups is 2. The maximum Gasteiger partial charge on any atom is 0.336 e. The largest absolute Gasteiger partial charge is 0.464 e. The summed E-state index contributed by atoms with van der Waals surface area (Å²) in [6, 6.07) is 0. The number of nitrogens with zero attached hydrogens (tertiary/aromatic N) is 3. The minimum absolute atomic E-state index is 0.135. The second kappa shape index (κ2) is 9.14. The molecule has 0 aromatic carbocycles. The average Bonchev–Trinajstić information content (AvgIpc) is 3.75. The number of esters is 2. The highest BCUT2D eigenvalue weighted by molar-refractivity contribution is 5.73. The Bertz CT molecular complexity index is 1070. The van der Waals surface area contributed by atoms with Gasteiger partial charge in [-0.15, -0.1) is 0 Å². The summed E-state index contributed by atoms with van der Waals surface area (Å²) in [5.41, 5.74) is -2.43. The Morgan fingerprint density at radius 3 is 1.59 bits per heavy atom. The molecule has 0 spiro atoms. The first-order valence-electron chi connectivity index (χ1n) is 11.9. The molecule has 1 aromatic heterocycles. The van der Waals surface area contributed by atoms with Gasteiger partial charge >= 0.3 is 29.0 Å². The molecule has 2 aliphatic heterocycles. The molecule has 5 rings (SSSR count). The van der Waals surface area contributed by atoms with Crippen LogP contribution in [0.15, 0.2) is 14.4 Å². The molecular weight excluding hydrogens is 450 g/mol. The lowest BCUT2D eigenvalue weighted by Gasteiger charge is -2.18. The molecule has 0 radical (unpaired) electrons. The van der Waals surface area contributed by atoms with Gasteiger partial charge in [0.05, 0.1) is 49.3 Å². The molecule has 4 aliphatic rings. The van der Waals surface area contributed by atoms with E-state index in [1.807, 2.05) is 0 Å². The predicted octanol–water partition coefficient (Wildman–Crippen LogP) is -1.07. The number of ether oxygens (including phenoxy) is 4. The molecule has 0 amide bonds. The minimum atomic E-state index is -0.834. The van der Waals surface area contributed by atoms with Gasteiger partial charge in [-0.05, 0) is 38.5 Å². The van der Waals surface area contributed by atoms with E-state index < -0.39 is 17.1 Å². The standard InChI is InChI=1S/C22H29N3O9/c1-23-20(28)24(6-8-31-18(26)12-2-4-14-16(10-12)33-14)22(30)25(21(23)29)7-9-32-19(27)13-3-5-15-17(11-13)34-15/h12-17H,2-11H2,1H3. The zero-order chi connectivity index (χ0) is 24.0. The van der Waals surface area contributed by atoms with Crippen molar-refractivity contribution in [1.29, 1.82) is 0 Å². The normalized spacial score (nSPS) is 31.2. The van der Waals surface area contributed by atoms with E-state index >= 15 is 0 Å². The summed E-state index contributed by atoms with van der Waals surface area (Å²) < 4.78 is 23.9. The fraction of sp³-hybridized carbons (Fsp3) is 0.773. The highest BCUT2D eigenvalue weighted by atomic mass is 16.6. The number of epoxide rings is 2. The van der Waals surface area contributed by atoms with Crippen molar-refractivity contribution in [2.24, 2.45) is 18.9 Å². The summed E-state index contributed by atoms with van der Waals surface area (Å²) in [6.45, 7) is -0.703. The van der Waals surface area contributed by atoms with E-state index in [0.29, 0.717) is 25.7 Å². The van der Waals surface area contributed by atoms with Gasteiger partial charge in [-0.1, -0.05) is 0 Å². The van der Waals surface area contributed by atoms with Crippen LogP contribution in [0, 0.1) is 11.8 Å². The molecule has 12 nitrogen and oxygen atoms in total. The quantitative estimate of drug-likeness (QED) is 0.336. The van der Waals surface area contributed by atoms with Crippen molar-refractivity contribution in [2.45, 2.75) is 76.0 Å². The Labute approximate surface area is 194 Å². The third-order valence-electron chi connectivity index (χ3n) is 7.29. The van der Waals surface area contributed by atoms with E-state index in [1.165, 1.54) is 7.05 Å². The van der Waals surface area contributed by atoms with Crippen LogP contribution in [0.2, 0.25) is 0 Å². The van der Waals surface area contributed by atoms with E-state index in [-0.39, 0.29) is 74.5 Å². The van der Waals surface area contributed by atoms with E-state index in [4.69, 9.17) is 18.9 Å². The number of hydrogen-bond acceptors (Lipinski definition) is 9. The lowest BCUT2D eigenvalue weighted by Crippen LogP contribution is -2.54. The van der Waals surface area contributed by atoms with Crippen LogP contribution >= 0.6 is 0 Å². The minimum Gasteiger partial charge on any atom is -0.464 e. The van der Waals surface area contributed by atoms with Gasteiger partial charge in [0.1, 0.15) is 13.2 Å². The monoisotopic (exact) mass is 479 g/mol. The van der Waals surface area contributed by atoms with Crippen molar-refractivity contribution in [3.05, 3.63) is 31.5 Å². The second-order valence-corrected chi connectivity index (χ2v) is 9.49. The molecule has 3 heterocycles. The van der Waals surface area contributed by atoms with Crippen molar-refractivity contribution in [3.63, 3.8) is 0 Å². The fourth-order valence-corrected chi connectivity index (χ4v) is 5.08. The third kappa shape index (κ3) is 4.61. The maximum absolute atomic E-state index is 12.8. The van der Waals surface area contributed by atoms with E-state index in [1.54, 1.807) is 0 Å². The van der Waals surface area contributed by atoms with Crippen LogP contribution in [0.4, 0.5) is 0 Å². The first-order chi connectivity index (χ1) is 16.3. The van der Waals surface area contributed by atoms with E-state index in [0.717, 1.165) is 26.5 Å². The molecule has 2 saturated heterocycles. The molecule has 186 valence electrons. The van der Waals surface area contributed by atoms with Crippen molar-refractivity contribution < 1.29 is 28.5 Å². The van der Waals surface area contributed by atoms with Crippen LogP contribution in [0.3, 0.4) is 0 Å². The topological polar surface area (TPSA) is 144 Å². The molecular formula is C22H29N3O9. The van der Waals surface area contributed by atoms with Gasteiger partial charge in [0, 0.05) is 7.05 Å². The highest BCUT2D eigenvalue weighted by Gasteiger charge is 2.47. The van der Waals surface area contributed by atoms with Crippen LogP contribution < -0.4 is 17.1 Å². The summed E-state index contributed by atoms with van der Waals surface area (Å²) in [5, 5.41) is 0. The van der Waals surface area contributed by atoms with Crippen molar-refractivity contribution in [3.8, 4) is 0 Å². The van der Waals surface area contributed by atoms with Crippen molar-refractivity contribution >= 4 is 11.9 Å². The second-order valence-electron chi connectivity index (χ2n) is 9.49. The number of aromatic nitrogens is 3. The number of fused-ring (bicyclic) bond motifs is 2. The van der Waals surface area contributed by atoms with E-state index in [9.17, 15) is 24.0 Å². The number of carbonyl (C=O) groups excluding carboxylic acids is 2. The van der Waals surface area contributed by atoms with Crippen LogP contribution in [-0.2, 0) is 48.7 Å². The van der Waals surface area contributed by atoms with Gasteiger partial charge in [0.2, 0.25) is 0 Å². The molecule has 4 fully saturated rings. The first kappa shape index (κ1) is 23.0. The van der Waals surface area contributed by atoms with Crippen molar-refractivity contribution in [1.82, 2.24) is 13.7 Å². The smallest absolute Gasteiger partial charge is 0.336 e. The lowest BCUT2D eigenvalue weighted by molar-refractivity contribution is -0.150. The Hall–Kier alpha value is -2.73. The Morgan fingerprint density at radius 1 is 0.735 bits per heavy atom. The summed E-state index contributed by atoms with van der Waals surface area (Å²) in [7, 11) is 1.26. The van der Waals surface area contributed by atoms with E-state index in [2.05, 4.69) is 0 Å². The zero-order valence-electron chi connectivity index (χ0n) is 19.1. The average molecular weight is 479 g/mol. The van der Waals surface area contributed by atoms with Gasteiger partial charge in [-0.3, -0.25) is 9.59 Å². The van der Waals surface area contributed by atoms with Gasteiger partial charge in [-0.25, -0.2) is 28.1 Å². The van der Waals surface area contributed by atoms with Gasteiger partial charge in [0.15, 0.2) is 0 Å². The number of rotatable bonds is 8. The Morgan fingerprint density at radius 2 is 1.18 bits per heavy atom. The zero-order valence-corrected chi connectivity index (χ0v) is 19.1. The third-order valence-corrected chi connectivity index (χ3v) is 7.29. The van der Waals surface area contributed by atoms with Crippen LogP contribution in [0.5, 0.6) is 0 Å². The van der Waals surface area contributed by atoms with Crippen LogP contribution in [0.1, 0.15) is 38.5 Å². The lowest BCUT2D eigenvalue weighted by atomic mass is 9.89. The fourth-order valence-electron chi connectivity index (χ4n) is 5.08. The SMILES string of the molecule is Cn1c(=O)n(CCOC(=O)C2CCC3OC3C2)c(=O)n(CCOC(=O)C2CCC3OC3C2)c1=O. The Kier molecular flexibility index (Phi) is 6.19. The van der Waals surface area contributed by atoms with Crippen LogP contribution in [0.25, 0.3) is 0 Å². The molecule has 2 aliphatic carbocycles. The summed E-state index contributed by atoms with van der Waals surface area (Å²) in [4.78, 5) is 62.4. The van der Waals surface area contributed by atoms with Crippen LogP contribution in [-0.4, -0.2) is 63.3 Å². The number of hydrogen-bond donors (Lipinski definition) is 0. The first-order valence-corrected chi connectivity index (χ1v) is 11.9. The van der Waals surface area contributed by atoms with Gasteiger partial charge < -0.3 is 18.9 Å². The Balaban J connectivity index is 1.17. The molecule has 1 aromatic rings. The highest BCUT2D eigenvalue weighted by Crippen LogP contribution is 2.40. The molecule has 12 heteroatoms. The summed E-state index contributed by atoms with van der Waals surface area (Å²) >= 11 is 0. The maximum atomic E-state index is 12.8. The summed E-state index contributed by atoms with van der Waals surface area (Å²) in [6.07, 6.45) is 5.12. The van der Waals surface area contributed by atoms with Gasteiger partial charge in [0.25, 0.3) is 0 Å². The molecule has 6 unspecified atom stereocenters. The van der Waals surface area contributed by atoms with Crippen molar-refractivity contribution in [2.75, 3.05) is 13.2 Å². The molecule has 0 bridgehead atoms. The predicted molar refractivity (Wildman–Crippen MR) is 114 cm³/mol. The summed E-state index contributed by atoms with van der Waals surface area (Å²) in [5.74, 6) is -1.23. The molecule has 0 N–H and O–H groups in total. The van der Waals surface area contributed by atoms with Gasteiger partial charge in [-0.2, -0.15) is 0 Å². The molecule has 34 heavy (non-hydrogen) atoms.